The molecule has 14 heavy (non-hydrogen) atoms. The van der Waals surface area contributed by atoms with Crippen LogP contribution in [-0.4, -0.2) is 11.0 Å². The number of amides is 1. The average molecular weight is 190 g/mol. The molecule has 4 heteroatoms. The number of rotatable bonds is 3. The first-order chi connectivity index (χ1) is 6.63. The number of nitrogens with zero attached hydrogens (tertiary/aromatic N) is 1. The van der Waals surface area contributed by atoms with Crippen LogP contribution in [0.15, 0.2) is 24.3 Å². The van der Waals surface area contributed by atoms with Crippen LogP contribution in [0.5, 0.6) is 5.75 Å². The van der Waals surface area contributed by atoms with E-state index >= 15 is 0 Å². The zero-order valence-electron chi connectivity index (χ0n) is 7.47. The number of primary amides is 1. The van der Waals surface area contributed by atoms with E-state index in [-0.39, 0.29) is 12.2 Å². The smallest absolute Gasteiger partial charge is 0.219 e. The molecule has 0 saturated carbocycles. The molecule has 0 aliphatic rings. The fourth-order valence-electron chi connectivity index (χ4n) is 1.15. The summed E-state index contributed by atoms with van der Waals surface area (Å²) in [5, 5.41) is 17.8. The van der Waals surface area contributed by atoms with Crippen LogP contribution in [0.3, 0.4) is 0 Å². The lowest BCUT2D eigenvalue weighted by atomic mass is 9.97. The molecule has 0 aliphatic heterocycles. The molecule has 0 heterocycles. The van der Waals surface area contributed by atoms with E-state index in [9.17, 15) is 4.79 Å². The lowest BCUT2D eigenvalue weighted by molar-refractivity contribution is -0.118. The number of nitriles is 1. The molecular formula is C10H10N2O2. The van der Waals surface area contributed by atoms with Crippen LogP contribution in [0.2, 0.25) is 0 Å². The van der Waals surface area contributed by atoms with E-state index in [0.29, 0.717) is 5.56 Å². The van der Waals surface area contributed by atoms with Crippen molar-refractivity contribution in [3.05, 3.63) is 29.8 Å². The lowest BCUT2D eigenvalue weighted by Gasteiger charge is -2.06. The number of nitrogens with two attached hydrogens (primary N) is 1. The maximum absolute atomic E-state index is 10.6. The van der Waals surface area contributed by atoms with Crippen LogP contribution in [0.4, 0.5) is 0 Å². The second-order valence-corrected chi connectivity index (χ2v) is 2.94. The van der Waals surface area contributed by atoms with E-state index in [0.717, 1.165) is 0 Å². The molecule has 0 bridgehead atoms. The quantitative estimate of drug-likeness (QED) is 0.741. The van der Waals surface area contributed by atoms with E-state index < -0.39 is 11.8 Å². The number of phenolic OH excluding ortho intramolecular Hbond substituents is 1. The van der Waals surface area contributed by atoms with Crippen LogP contribution in [0.25, 0.3) is 0 Å². The summed E-state index contributed by atoms with van der Waals surface area (Å²) in [5.74, 6) is -0.915. The summed E-state index contributed by atoms with van der Waals surface area (Å²) in [7, 11) is 0. The number of hydrogen-bond donors (Lipinski definition) is 2. The lowest BCUT2D eigenvalue weighted by Crippen LogP contribution is -2.14. The van der Waals surface area contributed by atoms with Crippen molar-refractivity contribution < 1.29 is 9.90 Å². The second-order valence-electron chi connectivity index (χ2n) is 2.94. The van der Waals surface area contributed by atoms with Gasteiger partial charge in [-0.3, -0.25) is 4.79 Å². The van der Waals surface area contributed by atoms with E-state index in [1.165, 1.54) is 12.1 Å². The Hall–Kier alpha value is -2.02. The molecular weight excluding hydrogens is 180 g/mol. The monoisotopic (exact) mass is 190 g/mol. The van der Waals surface area contributed by atoms with Crippen molar-refractivity contribution in [2.45, 2.75) is 12.3 Å². The van der Waals surface area contributed by atoms with Gasteiger partial charge in [-0.2, -0.15) is 5.26 Å². The number of benzene rings is 1. The zero-order chi connectivity index (χ0) is 10.6. The van der Waals surface area contributed by atoms with Gasteiger partial charge in [0.25, 0.3) is 0 Å². The zero-order valence-corrected chi connectivity index (χ0v) is 7.47. The maximum atomic E-state index is 10.6. The van der Waals surface area contributed by atoms with Gasteiger partial charge in [-0.1, -0.05) is 12.1 Å². The molecule has 0 aromatic heterocycles. The molecule has 0 saturated heterocycles. The number of phenols is 1. The van der Waals surface area contributed by atoms with Crippen LogP contribution in [0, 0.1) is 11.3 Å². The number of carbonyl (C=O) groups excluding carboxylic acids is 1. The summed E-state index contributed by atoms with van der Waals surface area (Å²) in [4.78, 5) is 10.6. The first-order valence-corrected chi connectivity index (χ1v) is 4.10. The Morgan fingerprint density at radius 1 is 1.50 bits per heavy atom. The van der Waals surface area contributed by atoms with Gasteiger partial charge in [0.2, 0.25) is 5.91 Å². The van der Waals surface area contributed by atoms with Crippen molar-refractivity contribution in [1.29, 1.82) is 5.26 Å². The normalized spacial score (nSPS) is 11.6. The SMILES string of the molecule is N#CC(CC(N)=O)c1ccc(O)cc1. The molecule has 4 nitrogen and oxygen atoms in total. The molecule has 0 spiro atoms. The highest BCUT2D eigenvalue weighted by Crippen LogP contribution is 2.20. The second kappa shape index (κ2) is 4.28. The molecule has 1 rings (SSSR count). The minimum atomic E-state index is -0.534. The first kappa shape index (κ1) is 10.1. The van der Waals surface area contributed by atoms with Crippen molar-refractivity contribution in [2.75, 3.05) is 0 Å². The summed E-state index contributed by atoms with van der Waals surface area (Å²) in [6, 6.07) is 8.14. The van der Waals surface area contributed by atoms with Crippen LogP contribution < -0.4 is 5.73 Å². The molecule has 1 atom stereocenters. The van der Waals surface area contributed by atoms with Gasteiger partial charge in [-0.05, 0) is 17.7 Å². The number of aromatic hydroxyl groups is 1. The van der Waals surface area contributed by atoms with Gasteiger partial charge in [-0.25, -0.2) is 0 Å². The Bertz CT molecular complexity index is 365. The average Bonchev–Trinajstić information content (AvgIpc) is 2.15. The Morgan fingerprint density at radius 3 is 2.50 bits per heavy atom. The molecule has 1 aromatic carbocycles. The van der Waals surface area contributed by atoms with Crippen molar-refractivity contribution in [3.63, 3.8) is 0 Å². The highest BCUT2D eigenvalue weighted by atomic mass is 16.3. The molecule has 1 aromatic rings. The molecule has 72 valence electrons. The fourth-order valence-corrected chi connectivity index (χ4v) is 1.15. The van der Waals surface area contributed by atoms with E-state index in [1.807, 2.05) is 6.07 Å². The highest BCUT2D eigenvalue weighted by molar-refractivity contribution is 5.75. The van der Waals surface area contributed by atoms with Gasteiger partial charge in [0, 0.05) is 6.42 Å². The Balaban J connectivity index is 2.85. The summed E-state index contributed by atoms with van der Waals surface area (Å²) >= 11 is 0. The summed E-state index contributed by atoms with van der Waals surface area (Å²) < 4.78 is 0. The third-order valence-electron chi connectivity index (χ3n) is 1.86. The van der Waals surface area contributed by atoms with Crippen molar-refractivity contribution >= 4 is 5.91 Å². The Labute approximate surface area is 81.6 Å². The largest absolute Gasteiger partial charge is 0.508 e. The van der Waals surface area contributed by atoms with Gasteiger partial charge in [0.05, 0.1) is 12.0 Å². The maximum Gasteiger partial charge on any atom is 0.219 e. The molecule has 1 amide bonds. The third kappa shape index (κ3) is 2.49. The summed E-state index contributed by atoms with van der Waals surface area (Å²) in [6.07, 6.45) is 0.00127. The van der Waals surface area contributed by atoms with E-state index in [2.05, 4.69) is 0 Å². The van der Waals surface area contributed by atoms with E-state index in [4.69, 9.17) is 16.1 Å². The number of hydrogen-bond acceptors (Lipinski definition) is 3. The van der Waals surface area contributed by atoms with Crippen LogP contribution in [0.1, 0.15) is 17.9 Å². The van der Waals surface area contributed by atoms with Crippen LogP contribution >= 0.6 is 0 Å². The van der Waals surface area contributed by atoms with Gasteiger partial charge >= 0.3 is 0 Å². The first-order valence-electron chi connectivity index (χ1n) is 4.10. The molecule has 0 fully saturated rings. The highest BCUT2D eigenvalue weighted by Gasteiger charge is 2.12. The molecule has 1 unspecified atom stereocenters. The van der Waals surface area contributed by atoms with Gasteiger partial charge < -0.3 is 10.8 Å². The topological polar surface area (TPSA) is 87.1 Å². The predicted octanol–water partition coefficient (Wildman–Crippen LogP) is 0.875. The van der Waals surface area contributed by atoms with Crippen molar-refractivity contribution in [3.8, 4) is 11.8 Å². The molecule has 0 aliphatic carbocycles. The minimum absolute atomic E-state index is 0.00127. The standard InChI is InChI=1S/C10H10N2O2/c11-6-8(5-10(12)14)7-1-3-9(13)4-2-7/h1-4,8,13H,5H2,(H2,12,14). The Kier molecular flexibility index (Phi) is 3.08. The van der Waals surface area contributed by atoms with Crippen molar-refractivity contribution in [2.24, 2.45) is 5.73 Å². The van der Waals surface area contributed by atoms with Crippen molar-refractivity contribution in [1.82, 2.24) is 0 Å². The molecule has 0 radical (unpaired) electrons. The summed E-state index contributed by atoms with van der Waals surface area (Å²) in [5.41, 5.74) is 5.68. The molecule has 3 N–H and O–H groups in total. The third-order valence-corrected chi connectivity index (χ3v) is 1.86. The predicted molar refractivity (Wildman–Crippen MR) is 50.3 cm³/mol. The van der Waals surface area contributed by atoms with Crippen LogP contribution in [-0.2, 0) is 4.79 Å². The van der Waals surface area contributed by atoms with Gasteiger partial charge in [-0.15, -0.1) is 0 Å². The van der Waals surface area contributed by atoms with Gasteiger partial charge in [0.1, 0.15) is 5.75 Å². The Morgan fingerprint density at radius 2 is 2.07 bits per heavy atom. The number of carbonyl (C=O) groups is 1. The minimum Gasteiger partial charge on any atom is -0.508 e. The van der Waals surface area contributed by atoms with E-state index in [1.54, 1.807) is 12.1 Å². The summed E-state index contributed by atoms with van der Waals surface area (Å²) in [6.45, 7) is 0. The van der Waals surface area contributed by atoms with Gasteiger partial charge in [0.15, 0.2) is 0 Å². The fraction of sp³-hybridized carbons (Fsp3) is 0.200.